The molecule has 25 heavy (non-hydrogen) atoms. The smallest absolute Gasteiger partial charge is 0.270 e. The van der Waals surface area contributed by atoms with Crippen LogP contribution in [-0.4, -0.2) is 52.4 Å². The first-order chi connectivity index (χ1) is 12.2. The monoisotopic (exact) mass is 339 g/mol. The van der Waals surface area contributed by atoms with Crippen LogP contribution in [0, 0.1) is 0 Å². The Kier molecular flexibility index (Phi) is 4.34. The molecule has 0 bridgehead atoms. The second kappa shape index (κ2) is 6.64. The molecular formula is C20H25N3O2. The number of pyridine rings is 1. The predicted molar refractivity (Wildman–Crippen MR) is 98.9 cm³/mol. The molecular weight excluding hydrogens is 314 g/mol. The number of aromatic amines is 1. The van der Waals surface area contributed by atoms with E-state index >= 15 is 0 Å². The summed E-state index contributed by atoms with van der Waals surface area (Å²) in [6.45, 7) is 5.15. The van der Waals surface area contributed by atoms with E-state index in [1.807, 2.05) is 29.2 Å². The lowest BCUT2D eigenvalue weighted by Gasteiger charge is -2.34. The van der Waals surface area contributed by atoms with Gasteiger partial charge in [0.15, 0.2) is 0 Å². The molecule has 0 unspecified atom stereocenters. The van der Waals surface area contributed by atoms with Gasteiger partial charge in [0.05, 0.1) is 0 Å². The molecule has 2 fully saturated rings. The minimum atomic E-state index is -0.187. The van der Waals surface area contributed by atoms with Crippen molar-refractivity contribution in [1.82, 2.24) is 14.8 Å². The van der Waals surface area contributed by atoms with Gasteiger partial charge in [-0.2, -0.15) is 0 Å². The third-order valence-corrected chi connectivity index (χ3v) is 5.81. The summed E-state index contributed by atoms with van der Waals surface area (Å²) >= 11 is 0. The van der Waals surface area contributed by atoms with Crippen LogP contribution in [0.2, 0.25) is 0 Å². The lowest BCUT2D eigenvalue weighted by atomic mass is 10.0. The molecule has 4 rings (SSSR count). The highest BCUT2D eigenvalue weighted by Gasteiger charge is 2.39. The van der Waals surface area contributed by atoms with E-state index < -0.39 is 0 Å². The Morgan fingerprint density at radius 3 is 2.76 bits per heavy atom. The average Bonchev–Trinajstić information content (AvgIpc) is 3.29. The van der Waals surface area contributed by atoms with Crippen LogP contribution in [0.1, 0.15) is 43.1 Å². The fraction of sp³-hybridized carbons (Fsp3) is 0.500. The highest BCUT2D eigenvalue weighted by Crippen LogP contribution is 2.30. The fourth-order valence-corrected chi connectivity index (χ4v) is 4.61. The average molecular weight is 339 g/mol. The van der Waals surface area contributed by atoms with Crippen LogP contribution in [0.15, 0.2) is 35.1 Å². The molecule has 2 aliphatic heterocycles. The number of H-pyrrole nitrogens is 1. The number of rotatable bonds is 3. The van der Waals surface area contributed by atoms with Crippen molar-refractivity contribution in [2.45, 2.75) is 44.7 Å². The summed E-state index contributed by atoms with van der Waals surface area (Å²) in [5, 5.41) is 1.45. The number of aromatic nitrogens is 1. The number of likely N-dealkylation sites (N-methyl/N-ethyl adjacent to an activating group) is 1. The molecule has 1 N–H and O–H groups in total. The normalized spacial score (nSPS) is 24.3. The largest absolute Gasteiger partial charge is 0.333 e. The number of nitrogens with one attached hydrogen (secondary N) is 1. The van der Waals surface area contributed by atoms with Crippen LogP contribution in [0.4, 0.5) is 0 Å². The molecule has 0 saturated carbocycles. The molecule has 5 nitrogen and oxygen atoms in total. The lowest BCUT2D eigenvalue weighted by Crippen LogP contribution is -2.48. The number of nitrogens with zero attached hydrogens (tertiary/aromatic N) is 2. The summed E-state index contributed by atoms with van der Waals surface area (Å²) in [5.74, 6) is -0.0340. The van der Waals surface area contributed by atoms with Gasteiger partial charge < -0.3 is 9.88 Å². The van der Waals surface area contributed by atoms with Gasteiger partial charge in [-0.05, 0) is 56.3 Å². The summed E-state index contributed by atoms with van der Waals surface area (Å²) in [6, 6.07) is 9.97. The van der Waals surface area contributed by atoms with E-state index in [2.05, 4.69) is 16.8 Å². The predicted octanol–water partition coefficient (Wildman–Crippen LogP) is 2.62. The Labute approximate surface area is 147 Å². The van der Waals surface area contributed by atoms with Crippen LogP contribution >= 0.6 is 0 Å². The first-order valence-electron chi connectivity index (χ1n) is 9.36. The minimum absolute atomic E-state index is 0.0340. The second-order valence-electron chi connectivity index (χ2n) is 7.15. The number of hydrogen-bond donors (Lipinski definition) is 1. The highest BCUT2D eigenvalue weighted by atomic mass is 16.2. The Hall–Kier alpha value is -2.14. The summed E-state index contributed by atoms with van der Waals surface area (Å²) < 4.78 is 0. The topological polar surface area (TPSA) is 56.4 Å². The third-order valence-electron chi connectivity index (χ3n) is 5.81. The second-order valence-corrected chi connectivity index (χ2v) is 7.15. The van der Waals surface area contributed by atoms with E-state index in [1.54, 1.807) is 6.07 Å². The zero-order chi connectivity index (χ0) is 17.4. The maximum atomic E-state index is 13.1. The molecule has 1 amide bonds. The van der Waals surface area contributed by atoms with Crippen LogP contribution in [0.3, 0.4) is 0 Å². The van der Waals surface area contributed by atoms with Crippen molar-refractivity contribution in [3.8, 4) is 0 Å². The first-order valence-corrected chi connectivity index (χ1v) is 9.36. The van der Waals surface area contributed by atoms with Crippen molar-refractivity contribution in [3.05, 3.63) is 46.4 Å². The van der Waals surface area contributed by atoms with Gasteiger partial charge in [-0.15, -0.1) is 0 Å². The molecule has 0 radical (unpaired) electrons. The van der Waals surface area contributed by atoms with Crippen molar-refractivity contribution >= 4 is 16.7 Å². The molecule has 0 aliphatic carbocycles. The van der Waals surface area contributed by atoms with E-state index in [0.717, 1.165) is 44.3 Å². The van der Waals surface area contributed by atoms with Crippen molar-refractivity contribution in [2.75, 3.05) is 19.6 Å². The van der Waals surface area contributed by atoms with Crippen molar-refractivity contribution in [3.63, 3.8) is 0 Å². The number of fused-ring (bicyclic) bond motifs is 1. The number of likely N-dealkylation sites (tertiary alicyclic amines) is 2. The van der Waals surface area contributed by atoms with E-state index in [-0.39, 0.29) is 17.5 Å². The number of benzene rings is 1. The molecule has 132 valence electrons. The summed E-state index contributed by atoms with van der Waals surface area (Å²) in [4.78, 5) is 32.8. The van der Waals surface area contributed by atoms with Crippen LogP contribution in [0.25, 0.3) is 10.8 Å². The van der Waals surface area contributed by atoms with Gasteiger partial charge in [0.25, 0.3) is 11.5 Å². The fourth-order valence-electron chi connectivity index (χ4n) is 4.61. The summed E-state index contributed by atoms with van der Waals surface area (Å²) in [6.07, 6.45) is 4.48. The highest BCUT2D eigenvalue weighted by molar-refractivity contribution is 5.96. The first kappa shape index (κ1) is 16.3. The molecule has 2 aromatic rings. The molecule has 1 aromatic heterocycles. The maximum Gasteiger partial charge on any atom is 0.270 e. The Bertz CT molecular complexity index is 844. The molecule has 3 heterocycles. The quantitative estimate of drug-likeness (QED) is 0.935. The van der Waals surface area contributed by atoms with Crippen molar-refractivity contribution < 1.29 is 4.79 Å². The van der Waals surface area contributed by atoms with Crippen molar-refractivity contribution in [1.29, 1.82) is 0 Å². The van der Waals surface area contributed by atoms with Gasteiger partial charge >= 0.3 is 0 Å². The Morgan fingerprint density at radius 1 is 1.16 bits per heavy atom. The summed E-state index contributed by atoms with van der Waals surface area (Å²) in [7, 11) is 0. The van der Waals surface area contributed by atoms with E-state index in [1.165, 1.54) is 6.42 Å². The van der Waals surface area contributed by atoms with Gasteiger partial charge in [-0.1, -0.05) is 25.1 Å². The molecule has 2 atom stereocenters. The van der Waals surface area contributed by atoms with Gasteiger partial charge in [-0.25, -0.2) is 0 Å². The number of carbonyl (C=O) groups excluding carboxylic acids is 1. The van der Waals surface area contributed by atoms with Crippen LogP contribution < -0.4 is 5.56 Å². The minimum Gasteiger partial charge on any atom is -0.333 e. The number of hydrogen-bond acceptors (Lipinski definition) is 3. The third kappa shape index (κ3) is 2.86. The summed E-state index contributed by atoms with van der Waals surface area (Å²) in [5.41, 5.74) is 0.227. The zero-order valence-electron chi connectivity index (χ0n) is 14.7. The molecule has 5 heteroatoms. The Morgan fingerprint density at radius 2 is 1.92 bits per heavy atom. The van der Waals surface area contributed by atoms with Gasteiger partial charge in [0.2, 0.25) is 0 Å². The van der Waals surface area contributed by atoms with Crippen molar-refractivity contribution in [2.24, 2.45) is 0 Å². The number of amides is 1. The molecule has 0 spiro atoms. The molecule has 2 aliphatic rings. The maximum absolute atomic E-state index is 13.1. The van der Waals surface area contributed by atoms with Gasteiger partial charge in [0, 0.05) is 24.0 Å². The van der Waals surface area contributed by atoms with E-state index in [9.17, 15) is 9.59 Å². The lowest BCUT2D eigenvalue weighted by molar-refractivity contribution is 0.0644. The van der Waals surface area contributed by atoms with E-state index in [0.29, 0.717) is 17.1 Å². The number of carbonyl (C=O) groups is 1. The Balaban J connectivity index is 1.65. The van der Waals surface area contributed by atoms with Crippen LogP contribution in [0.5, 0.6) is 0 Å². The SMILES string of the molecule is CCN1CCC[C@@H]1[C@@H]1CCCN1C(=O)c1cc2ccccc2c(=O)[nH]1. The van der Waals surface area contributed by atoms with E-state index in [4.69, 9.17) is 0 Å². The zero-order valence-corrected chi connectivity index (χ0v) is 14.7. The van der Waals surface area contributed by atoms with Gasteiger partial charge in [-0.3, -0.25) is 14.5 Å². The van der Waals surface area contributed by atoms with Crippen LogP contribution in [-0.2, 0) is 0 Å². The molecule has 1 aromatic carbocycles. The molecule has 2 saturated heterocycles. The van der Waals surface area contributed by atoms with Gasteiger partial charge in [0.1, 0.15) is 5.69 Å². The standard InChI is InChI=1S/C20H25N3O2/c1-2-22-11-5-9-17(22)18-10-6-12-23(18)20(25)16-13-14-7-3-4-8-15(14)19(24)21-16/h3-4,7-8,13,17-18H,2,5-6,9-12H2,1H3,(H,21,24)/t17-,18+/m1/s1.